The summed E-state index contributed by atoms with van der Waals surface area (Å²) in [6.07, 6.45) is 2.39. The Labute approximate surface area is 129 Å². The number of carbonyl (C=O) groups excluding carboxylic acids is 2. The maximum absolute atomic E-state index is 12.2. The molecule has 1 aliphatic heterocycles. The van der Waals surface area contributed by atoms with E-state index in [0.29, 0.717) is 17.1 Å². The van der Waals surface area contributed by atoms with Crippen LogP contribution in [0.1, 0.15) is 29.5 Å². The number of aromatic nitrogens is 3. The summed E-state index contributed by atoms with van der Waals surface area (Å²) in [6.45, 7) is 3.03. The van der Waals surface area contributed by atoms with Crippen molar-refractivity contribution in [1.29, 1.82) is 0 Å². The monoisotopic (exact) mass is 348 g/mol. The summed E-state index contributed by atoms with van der Waals surface area (Å²) in [6, 6.07) is 5.25. The van der Waals surface area contributed by atoms with E-state index in [1.807, 2.05) is 13.0 Å². The van der Waals surface area contributed by atoms with Gasteiger partial charge in [0.15, 0.2) is 0 Å². The molecule has 0 atom stereocenters. The predicted octanol–water partition coefficient (Wildman–Crippen LogP) is 2.18. The summed E-state index contributed by atoms with van der Waals surface area (Å²) in [7, 11) is 0. The molecule has 0 radical (unpaired) electrons. The highest BCUT2D eigenvalue weighted by Crippen LogP contribution is 2.32. The minimum absolute atomic E-state index is 0.249. The molecule has 7 heteroatoms. The Morgan fingerprint density at radius 2 is 2.10 bits per heavy atom. The Hall–Kier alpha value is -2.02. The smallest absolute Gasteiger partial charge is 0.297 e. The van der Waals surface area contributed by atoms with Crippen molar-refractivity contribution in [3.63, 3.8) is 0 Å². The summed E-state index contributed by atoms with van der Waals surface area (Å²) >= 11 is 3.32. The normalized spacial score (nSPS) is 13.9. The number of Topliss-reactive ketones (excluding diaryl/α,β-unsaturated/α-hetero) is 1. The number of halogens is 1. The van der Waals surface area contributed by atoms with Gasteiger partial charge in [-0.3, -0.25) is 14.5 Å². The quantitative estimate of drug-likeness (QED) is 0.794. The van der Waals surface area contributed by atoms with E-state index < -0.39 is 11.7 Å². The number of benzene rings is 1. The first-order chi connectivity index (χ1) is 10.1. The Bertz CT molecular complexity index is 726. The third-order valence-electron chi connectivity index (χ3n) is 3.36. The molecule has 1 aromatic carbocycles. The van der Waals surface area contributed by atoms with Gasteiger partial charge in [0.05, 0.1) is 17.8 Å². The summed E-state index contributed by atoms with van der Waals surface area (Å²) < 4.78 is 2.53. The van der Waals surface area contributed by atoms with Crippen molar-refractivity contribution >= 4 is 33.3 Å². The fourth-order valence-electron chi connectivity index (χ4n) is 2.38. The van der Waals surface area contributed by atoms with Gasteiger partial charge >= 0.3 is 0 Å². The Morgan fingerprint density at radius 3 is 2.86 bits per heavy atom. The second kappa shape index (κ2) is 5.40. The zero-order valence-electron chi connectivity index (χ0n) is 11.4. The van der Waals surface area contributed by atoms with E-state index in [1.165, 1.54) is 11.2 Å². The number of anilines is 1. The van der Waals surface area contributed by atoms with Gasteiger partial charge in [0.1, 0.15) is 12.2 Å². The van der Waals surface area contributed by atoms with Crippen LogP contribution in [0.2, 0.25) is 0 Å². The Kier molecular flexibility index (Phi) is 3.59. The van der Waals surface area contributed by atoms with E-state index in [4.69, 9.17) is 0 Å². The fourth-order valence-corrected chi connectivity index (χ4v) is 2.74. The third-order valence-corrected chi connectivity index (χ3v) is 3.86. The first-order valence-electron chi connectivity index (χ1n) is 6.64. The number of fused-ring (bicyclic) bond motifs is 1. The summed E-state index contributed by atoms with van der Waals surface area (Å²) in [4.78, 5) is 29.9. The molecule has 1 aliphatic rings. The van der Waals surface area contributed by atoms with Crippen molar-refractivity contribution in [2.75, 3.05) is 4.90 Å². The lowest BCUT2D eigenvalue weighted by Gasteiger charge is -2.16. The lowest BCUT2D eigenvalue weighted by atomic mass is 10.1. The third kappa shape index (κ3) is 2.37. The highest BCUT2D eigenvalue weighted by atomic mass is 79.9. The van der Waals surface area contributed by atoms with Gasteiger partial charge in [-0.25, -0.2) is 9.67 Å². The zero-order chi connectivity index (χ0) is 15.0. The van der Waals surface area contributed by atoms with Crippen LogP contribution in [0.25, 0.3) is 0 Å². The van der Waals surface area contributed by atoms with Crippen molar-refractivity contribution < 1.29 is 9.59 Å². The highest BCUT2D eigenvalue weighted by molar-refractivity contribution is 9.10. The number of rotatable bonds is 4. The van der Waals surface area contributed by atoms with Gasteiger partial charge in [-0.05, 0) is 24.6 Å². The number of amides is 1. The fraction of sp³-hybridized carbons (Fsp3) is 0.286. The maximum atomic E-state index is 12.2. The van der Waals surface area contributed by atoms with Crippen LogP contribution in [0, 0.1) is 0 Å². The average Bonchev–Trinajstić information content (AvgIpc) is 2.99. The molecule has 1 amide bonds. The number of hydrogen-bond acceptors (Lipinski definition) is 4. The number of nitrogens with zero attached hydrogens (tertiary/aromatic N) is 4. The molecule has 2 heterocycles. The largest absolute Gasteiger partial charge is 0.299 e. The molecular weight excluding hydrogens is 336 g/mol. The first-order valence-corrected chi connectivity index (χ1v) is 7.43. The molecule has 108 valence electrons. The first kappa shape index (κ1) is 13.9. The van der Waals surface area contributed by atoms with E-state index in [2.05, 4.69) is 26.0 Å². The molecule has 0 unspecified atom stereocenters. The maximum Gasteiger partial charge on any atom is 0.299 e. The van der Waals surface area contributed by atoms with Gasteiger partial charge in [-0.15, -0.1) is 0 Å². The number of aryl methyl sites for hydroxylation is 1. The van der Waals surface area contributed by atoms with Crippen LogP contribution >= 0.6 is 15.9 Å². The number of ketones is 1. The van der Waals surface area contributed by atoms with E-state index in [0.717, 1.165) is 17.4 Å². The van der Waals surface area contributed by atoms with E-state index in [-0.39, 0.29) is 6.54 Å². The van der Waals surface area contributed by atoms with Crippen molar-refractivity contribution in [3.8, 4) is 0 Å². The van der Waals surface area contributed by atoms with Gasteiger partial charge in [-0.1, -0.05) is 22.9 Å². The van der Waals surface area contributed by atoms with E-state index >= 15 is 0 Å². The molecule has 0 fully saturated rings. The molecule has 1 aromatic heterocycles. The second-order valence-corrected chi connectivity index (χ2v) is 5.70. The van der Waals surface area contributed by atoms with Crippen molar-refractivity contribution in [2.45, 2.75) is 26.4 Å². The van der Waals surface area contributed by atoms with E-state index in [9.17, 15) is 9.59 Å². The van der Waals surface area contributed by atoms with Crippen LogP contribution in [0.5, 0.6) is 0 Å². The van der Waals surface area contributed by atoms with Crippen LogP contribution in [0.3, 0.4) is 0 Å². The summed E-state index contributed by atoms with van der Waals surface area (Å²) in [5.74, 6) is -0.323. The standard InChI is InChI=1S/C14H13BrN4O2/c1-2-5-19-12(16-8-17-19)7-18-11-4-3-9(15)6-10(11)13(20)14(18)21/h3-4,6,8H,2,5,7H2,1H3. The lowest BCUT2D eigenvalue weighted by molar-refractivity contribution is -0.114. The minimum atomic E-state index is -0.519. The molecule has 0 aliphatic carbocycles. The van der Waals surface area contributed by atoms with Crippen LogP contribution < -0.4 is 4.90 Å². The van der Waals surface area contributed by atoms with Gasteiger partial charge in [0, 0.05) is 11.0 Å². The topological polar surface area (TPSA) is 68.1 Å². The average molecular weight is 349 g/mol. The van der Waals surface area contributed by atoms with Crippen LogP contribution in [-0.2, 0) is 17.9 Å². The van der Waals surface area contributed by atoms with Crippen LogP contribution in [0.15, 0.2) is 29.0 Å². The Balaban J connectivity index is 1.95. The molecule has 21 heavy (non-hydrogen) atoms. The predicted molar refractivity (Wildman–Crippen MR) is 80.0 cm³/mol. The van der Waals surface area contributed by atoms with Gasteiger partial charge < -0.3 is 0 Å². The van der Waals surface area contributed by atoms with Gasteiger partial charge in [0.25, 0.3) is 11.7 Å². The van der Waals surface area contributed by atoms with Gasteiger partial charge in [-0.2, -0.15) is 5.10 Å². The zero-order valence-corrected chi connectivity index (χ0v) is 13.0. The SMILES string of the molecule is CCCn1ncnc1CN1C(=O)C(=O)c2cc(Br)ccc21. The molecule has 0 bridgehead atoms. The molecule has 0 saturated carbocycles. The highest BCUT2D eigenvalue weighted by Gasteiger charge is 2.36. The number of carbonyl (C=O) groups is 2. The van der Waals surface area contributed by atoms with Crippen molar-refractivity contribution in [1.82, 2.24) is 14.8 Å². The molecule has 0 N–H and O–H groups in total. The molecular formula is C14H13BrN4O2. The second-order valence-electron chi connectivity index (χ2n) is 4.78. The van der Waals surface area contributed by atoms with Crippen molar-refractivity contribution in [3.05, 3.63) is 40.4 Å². The minimum Gasteiger partial charge on any atom is -0.297 e. The van der Waals surface area contributed by atoms with E-state index in [1.54, 1.807) is 16.8 Å². The molecule has 0 saturated heterocycles. The van der Waals surface area contributed by atoms with Crippen LogP contribution in [-0.4, -0.2) is 26.5 Å². The molecule has 6 nitrogen and oxygen atoms in total. The van der Waals surface area contributed by atoms with Crippen molar-refractivity contribution in [2.24, 2.45) is 0 Å². The molecule has 3 rings (SSSR count). The lowest BCUT2D eigenvalue weighted by Crippen LogP contribution is -2.30. The summed E-state index contributed by atoms with van der Waals surface area (Å²) in [5.41, 5.74) is 1.05. The van der Waals surface area contributed by atoms with Gasteiger partial charge in [0.2, 0.25) is 0 Å². The number of hydrogen-bond donors (Lipinski definition) is 0. The Morgan fingerprint density at radius 1 is 1.29 bits per heavy atom. The molecule has 2 aromatic rings. The molecule has 0 spiro atoms. The summed E-state index contributed by atoms with van der Waals surface area (Å²) in [5, 5.41) is 4.14. The van der Waals surface area contributed by atoms with Crippen LogP contribution in [0.4, 0.5) is 5.69 Å².